The summed E-state index contributed by atoms with van der Waals surface area (Å²) in [6.07, 6.45) is 9.07. The van der Waals surface area contributed by atoms with Gasteiger partial charge < -0.3 is 4.74 Å². The number of nitrogens with one attached hydrogen (secondary N) is 1. The van der Waals surface area contributed by atoms with E-state index in [1.54, 1.807) is 11.6 Å². The van der Waals surface area contributed by atoms with Crippen molar-refractivity contribution in [1.29, 1.82) is 0 Å². The zero-order chi connectivity index (χ0) is 20.1. The Labute approximate surface area is 183 Å². The van der Waals surface area contributed by atoms with Crippen LogP contribution in [0.2, 0.25) is 0 Å². The molecule has 1 rings (SSSR count). The maximum absolute atomic E-state index is 11.2. The van der Waals surface area contributed by atoms with E-state index in [2.05, 4.69) is 51.8 Å². The number of hydrogen-bond acceptors (Lipinski definition) is 4. The van der Waals surface area contributed by atoms with E-state index in [1.165, 1.54) is 49.9 Å². The maximum atomic E-state index is 11.2. The fraction of sp³-hybridized carbons (Fsp3) is 0.800. The van der Waals surface area contributed by atoms with E-state index >= 15 is 0 Å². The van der Waals surface area contributed by atoms with Gasteiger partial charge in [0.15, 0.2) is 5.13 Å². The predicted octanol–water partition coefficient (Wildman–Crippen LogP) is 7.53. The summed E-state index contributed by atoms with van der Waals surface area (Å²) < 4.78 is 5.03. The molecular weight excluding hydrogens is 451 g/mol. The van der Waals surface area contributed by atoms with Crippen LogP contribution in [0.15, 0.2) is 11.6 Å². The van der Waals surface area contributed by atoms with Gasteiger partial charge in [-0.05, 0) is 20.8 Å². The van der Waals surface area contributed by atoms with Crippen LogP contribution in [0.4, 0.5) is 9.93 Å². The molecule has 0 saturated heterocycles. The van der Waals surface area contributed by atoms with Crippen LogP contribution in [0.5, 0.6) is 0 Å². The second-order valence-corrected chi connectivity index (χ2v) is 7.36. The number of aromatic nitrogens is 1. The Morgan fingerprint density at radius 2 is 1.35 bits per heavy atom. The van der Waals surface area contributed by atoms with E-state index in [9.17, 15) is 4.79 Å². The fourth-order valence-electron chi connectivity index (χ4n) is 0.676. The summed E-state index contributed by atoms with van der Waals surface area (Å²) in [6, 6.07) is 0. The summed E-state index contributed by atoms with van der Waals surface area (Å²) in [5, 5.41) is 4.86. The molecule has 0 spiro atoms. The van der Waals surface area contributed by atoms with Gasteiger partial charge in [-0.25, -0.2) is 9.78 Å². The molecule has 26 heavy (non-hydrogen) atoms. The number of ether oxygens (including phenoxy) is 1. The predicted molar refractivity (Wildman–Crippen MR) is 119 cm³/mol. The third-order valence-corrected chi connectivity index (χ3v) is 3.23. The Hall–Kier alpha value is -0.301. The summed E-state index contributed by atoms with van der Waals surface area (Å²) in [7, 11) is 0. The molecule has 4 nitrogen and oxygen atoms in total. The molecule has 1 amide bonds. The molecule has 4 radical (unpaired) electrons. The molecule has 1 heterocycles. The van der Waals surface area contributed by atoms with Crippen LogP contribution in [0, 0.1) is 0 Å². The standard InChI is InChI=1S/C8H12N2O2S.3C4H10.Sn/c1-8(2,3)12-7(11)10-6-9-4-5-13-6;3*1-3-4-2;/h4-5H,1-3H3,(H,9,10,11);3*3-4H2,1-2H3;. The van der Waals surface area contributed by atoms with Gasteiger partial charge in [0, 0.05) is 35.5 Å². The summed E-state index contributed by atoms with van der Waals surface area (Å²) >= 11 is 1.35. The van der Waals surface area contributed by atoms with Crippen molar-refractivity contribution in [1.82, 2.24) is 4.98 Å². The van der Waals surface area contributed by atoms with Gasteiger partial charge in [-0.15, -0.1) is 11.3 Å². The van der Waals surface area contributed by atoms with Crippen molar-refractivity contribution in [2.45, 2.75) is 106 Å². The summed E-state index contributed by atoms with van der Waals surface area (Å²) in [4.78, 5) is 15.1. The average molecular weight is 493 g/mol. The van der Waals surface area contributed by atoms with Crippen LogP contribution >= 0.6 is 11.3 Å². The van der Waals surface area contributed by atoms with Crippen LogP contribution in [0.25, 0.3) is 0 Å². The minimum atomic E-state index is -0.471. The quantitative estimate of drug-likeness (QED) is 0.441. The van der Waals surface area contributed by atoms with Gasteiger partial charge in [-0.1, -0.05) is 80.1 Å². The van der Waals surface area contributed by atoms with Crippen LogP contribution in [-0.2, 0) is 4.74 Å². The van der Waals surface area contributed by atoms with E-state index in [0.29, 0.717) is 5.13 Å². The van der Waals surface area contributed by atoms with Crippen LogP contribution in [0.1, 0.15) is 101 Å². The molecular formula is C20H42N2O2SSn. The molecule has 0 unspecified atom stereocenters. The first kappa shape index (κ1) is 33.3. The van der Waals surface area contributed by atoms with Crippen molar-refractivity contribution < 1.29 is 9.53 Å². The Kier molecular flexibility index (Phi) is 31.6. The molecule has 0 aromatic carbocycles. The van der Waals surface area contributed by atoms with Gasteiger partial charge >= 0.3 is 6.09 Å². The zero-order valence-corrected chi connectivity index (χ0v) is 22.2. The Bertz CT molecular complexity index is 351. The van der Waals surface area contributed by atoms with Crippen molar-refractivity contribution in [2.24, 2.45) is 0 Å². The van der Waals surface area contributed by atoms with Gasteiger partial charge in [0.05, 0.1) is 0 Å². The zero-order valence-electron chi connectivity index (χ0n) is 18.6. The first-order chi connectivity index (χ1) is 11.7. The minimum absolute atomic E-state index is 0. The molecule has 154 valence electrons. The average Bonchev–Trinajstić information content (AvgIpc) is 3.06. The number of nitrogens with zero attached hydrogens (tertiary/aromatic N) is 1. The van der Waals surface area contributed by atoms with Gasteiger partial charge in [-0.2, -0.15) is 0 Å². The molecule has 1 aromatic heterocycles. The molecule has 0 aliphatic carbocycles. The van der Waals surface area contributed by atoms with E-state index < -0.39 is 11.7 Å². The van der Waals surface area contributed by atoms with Crippen molar-refractivity contribution in [3.63, 3.8) is 0 Å². The number of carbonyl (C=O) groups is 1. The molecule has 0 saturated carbocycles. The molecule has 1 N–H and O–H groups in total. The number of anilines is 1. The summed E-state index contributed by atoms with van der Waals surface area (Å²) in [6.45, 7) is 18.5. The van der Waals surface area contributed by atoms with Crippen LogP contribution in [-0.4, -0.2) is 40.6 Å². The molecule has 6 heteroatoms. The smallest absolute Gasteiger partial charge is 0.413 e. The fourth-order valence-corrected chi connectivity index (χ4v) is 1.19. The van der Waals surface area contributed by atoms with E-state index in [-0.39, 0.29) is 23.9 Å². The van der Waals surface area contributed by atoms with Gasteiger partial charge in [-0.3, -0.25) is 5.32 Å². The number of amides is 1. The molecule has 0 aliphatic heterocycles. The normalized spacial score (nSPS) is 8.96. The first-order valence-corrected chi connectivity index (χ1v) is 10.5. The number of thiazole rings is 1. The van der Waals surface area contributed by atoms with E-state index in [0.717, 1.165) is 0 Å². The number of unbranched alkanes of at least 4 members (excludes halogenated alkanes) is 3. The third-order valence-electron chi connectivity index (χ3n) is 2.54. The third kappa shape index (κ3) is 34.9. The van der Waals surface area contributed by atoms with E-state index in [4.69, 9.17) is 4.74 Å². The molecule has 0 fully saturated rings. The van der Waals surface area contributed by atoms with E-state index in [1.807, 2.05) is 20.8 Å². The topological polar surface area (TPSA) is 51.2 Å². The second kappa shape index (κ2) is 24.7. The number of carbonyl (C=O) groups excluding carboxylic acids is 1. The summed E-state index contributed by atoms with van der Waals surface area (Å²) in [5.74, 6) is 0. The minimum Gasteiger partial charge on any atom is -0.444 e. The Morgan fingerprint density at radius 1 is 0.962 bits per heavy atom. The van der Waals surface area contributed by atoms with Gasteiger partial charge in [0.25, 0.3) is 0 Å². The number of rotatable bonds is 4. The molecule has 1 aromatic rings. The Balaban J connectivity index is -0.000000155. The van der Waals surface area contributed by atoms with Crippen molar-refractivity contribution in [2.75, 3.05) is 5.32 Å². The molecule has 0 atom stereocenters. The summed E-state index contributed by atoms with van der Waals surface area (Å²) in [5.41, 5.74) is -0.471. The maximum Gasteiger partial charge on any atom is 0.413 e. The van der Waals surface area contributed by atoms with Crippen LogP contribution in [0.3, 0.4) is 0 Å². The van der Waals surface area contributed by atoms with Crippen molar-refractivity contribution in [3.05, 3.63) is 11.6 Å². The molecule has 0 aliphatic rings. The van der Waals surface area contributed by atoms with Gasteiger partial charge in [0.1, 0.15) is 5.60 Å². The molecule has 0 bridgehead atoms. The monoisotopic (exact) mass is 494 g/mol. The Morgan fingerprint density at radius 3 is 1.58 bits per heavy atom. The largest absolute Gasteiger partial charge is 0.444 e. The number of hydrogen-bond donors (Lipinski definition) is 1. The van der Waals surface area contributed by atoms with Crippen LogP contribution < -0.4 is 5.32 Å². The van der Waals surface area contributed by atoms with Crippen molar-refractivity contribution in [3.8, 4) is 0 Å². The first-order valence-electron chi connectivity index (χ1n) is 9.61. The van der Waals surface area contributed by atoms with Crippen molar-refractivity contribution >= 4 is 46.5 Å². The second-order valence-electron chi connectivity index (χ2n) is 6.46. The SMILES string of the molecule is CC(C)(C)OC(=O)Nc1nccs1.CCCC.CCCC.CCCC.[Sn]. The van der Waals surface area contributed by atoms with Gasteiger partial charge in [0.2, 0.25) is 0 Å².